The van der Waals surface area contributed by atoms with E-state index < -0.39 is 10.8 Å². The summed E-state index contributed by atoms with van der Waals surface area (Å²) in [6, 6.07) is 12.7. The molecule has 0 spiro atoms. The fourth-order valence-corrected chi connectivity index (χ4v) is 3.51. The Morgan fingerprint density at radius 3 is 2.70 bits per heavy atom. The number of amides is 1. The van der Waals surface area contributed by atoms with Crippen LogP contribution in [0.2, 0.25) is 0 Å². The summed E-state index contributed by atoms with van der Waals surface area (Å²) in [6.45, 7) is 3.67. The highest BCUT2D eigenvalue weighted by Gasteiger charge is 2.16. The Morgan fingerprint density at radius 2 is 2.00 bits per heavy atom. The van der Waals surface area contributed by atoms with Gasteiger partial charge < -0.3 is 4.57 Å². The summed E-state index contributed by atoms with van der Waals surface area (Å²) in [4.78, 5) is 22.6. The molecule has 2 aromatic carbocycles. The Hall–Kier alpha value is -3.33. The minimum atomic E-state index is -0.526. The minimum Gasteiger partial charge on any atom is -0.315 e. The largest absolute Gasteiger partial charge is 0.315 e. The van der Waals surface area contributed by atoms with E-state index in [0.717, 1.165) is 11.4 Å². The molecule has 0 aliphatic rings. The van der Waals surface area contributed by atoms with Gasteiger partial charge in [0, 0.05) is 33.1 Å². The molecule has 1 amide bonds. The number of nitro groups is 1. The number of carbonyl (C=O) groups excluding carboxylic acids is 1. The zero-order chi connectivity index (χ0) is 21.8. The van der Waals surface area contributed by atoms with Crippen LogP contribution in [0.3, 0.4) is 0 Å². The summed E-state index contributed by atoms with van der Waals surface area (Å²) < 4.78 is 16.8. The number of nitrogens with zero attached hydrogens (tertiary/aromatic N) is 3. The quantitative estimate of drug-likeness (QED) is 0.323. The number of nitro benzene ring substituents is 1. The van der Waals surface area contributed by atoms with Crippen LogP contribution in [0.1, 0.15) is 22.5 Å². The van der Waals surface area contributed by atoms with Crippen molar-refractivity contribution in [2.24, 2.45) is 5.10 Å². The SMILES string of the molecule is Cc1cc(/C=N/NC(=O)Cc2ccccc2[N+](=O)[O-])c(C)n1-c1ccc(Br)cc1F. The van der Waals surface area contributed by atoms with Gasteiger partial charge in [-0.15, -0.1) is 0 Å². The Morgan fingerprint density at radius 1 is 1.27 bits per heavy atom. The average Bonchev–Trinajstić information content (AvgIpc) is 2.96. The molecular formula is C21H18BrFN4O3. The lowest BCUT2D eigenvalue weighted by Crippen LogP contribution is -2.20. The highest BCUT2D eigenvalue weighted by molar-refractivity contribution is 9.10. The van der Waals surface area contributed by atoms with Gasteiger partial charge in [0.25, 0.3) is 5.69 Å². The molecular weight excluding hydrogens is 455 g/mol. The van der Waals surface area contributed by atoms with Gasteiger partial charge in [-0.2, -0.15) is 5.10 Å². The van der Waals surface area contributed by atoms with Crippen LogP contribution >= 0.6 is 15.9 Å². The topological polar surface area (TPSA) is 89.5 Å². The molecule has 1 N–H and O–H groups in total. The van der Waals surface area contributed by atoms with Crippen molar-refractivity contribution < 1.29 is 14.1 Å². The molecule has 9 heteroatoms. The van der Waals surface area contributed by atoms with Crippen LogP contribution in [-0.2, 0) is 11.2 Å². The standard InChI is InChI=1S/C21H18BrFN4O3/c1-13-9-16(14(2)26(13)20-8-7-17(22)11-18(20)23)12-24-25-21(28)10-15-5-3-4-6-19(15)27(29)30/h3-9,11-12H,10H2,1-2H3,(H,25,28)/b24-12+. The molecule has 0 saturated heterocycles. The normalized spacial score (nSPS) is 11.1. The summed E-state index contributed by atoms with van der Waals surface area (Å²) >= 11 is 3.25. The van der Waals surface area contributed by atoms with Crippen molar-refractivity contribution in [3.05, 3.63) is 91.4 Å². The first kappa shape index (κ1) is 21.4. The maximum absolute atomic E-state index is 14.4. The highest BCUT2D eigenvalue weighted by atomic mass is 79.9. The van der Waals surface area contributed by atoms with Crippen molar-refractivity contribution in [2.75, 3.05) is 0 Å². The summed E-state index contributed by atoms with van der Waals surface area (Å²) in [5, 5.41) is 15.0. The summed E-state index contributed by atoms with van der Waals surface area (Å²) in [5.41, 5.74) is 5.25. The number of halogens is 2. The number of hydrazone groups is 1. The van der Waals surface area contributed by atoms with Crippen molar-refractivity contribution in [1.82, 2.24) is 9.99 Å². The highest BCUT2D eigenvalue weighted by Crippen LogP contribution is 2.24. The summed E-state index contributed by atoms with van der Waals surface area (Å²) in [7, 11) is 0. The molecule has 30 heavy (non-hydrogen) atoms. The van der Waals surface area contributed by atoms with E-state index in [-0.39, 0.29) is 17.9 Å². The monoisotopic (exact) mass is 472 g/mol. The number of carbonyl (C=O) groups is 1. The van der Waals surface area contributed by atoms with Crippen LogP contribution in [0.4, 0.5) is 10.1 Å². The fourth-order valence-electron chi connectivity index (χ4n) is 3.18. The zero-order valence-corrected chi connectivity index (χ0v) is 17.8. The van der Waals surface area contributed by atoms with Crippen molar-refractivity contribution in [1.29, 1.82) is 0 Å². The third-order valence-corrected chi connectivity index (χ3v) is 5.05. The molecule has 0 aliphatic heterocycles. The van der Waals surface area contributed by atoms with E-state index in [9.17, 15) is 19.3 Å². The molecule has 0 atom stereocenters. The number of para-hydroxylation sites is 1. The van der Waals surface area contributed by atoms with Crippen molar-refractivity contribution in [3.63, 3.8) is 0 Å². The van der Waals surface area contributed by atoms with Crippen LogP contribution in [-0.4, -0.2) is 21.6 Å². The first-order valence-electron chi connectivity index (χ1n) is 8.96. The first-order valence-corrected chi connectivity index (χ1v) is 9.75. The lowest BCUT2D eigenvalue weighted by atomic mass is 10.1. The van der Waals surface area contributed by atoms with E-state index in [0.29, 0.717) is 21.3 Å². The molecule has 7 nitrogen and oxygen atoms in total. The molecule has 3 aromatic rings. The van der Waals surface area contributed by atoms with Gasteiger partial charge in [-0.1, -0.05) is 34.1 Å². The maximum atomic E-state index is 14.4. The van der Waals surface area contributed by atoms with Crippen molar-refractivity contribution in [2.45, 2.75) is 20.3 Å². The second kappa shape index (κ2) is 9.00. The Bertz CT molecular complexity index is 1160. The van der Waals surface area contributed by atoms with Gasteiger partial charge in [0.05, 0.1) is 23.2 Å². The van der Waals surface area contributed by atoms with Crippen LogP contribution in [0, 0.1) is 29.8 Å². The lowest BCUT2D eigenvalue weighted by molar-refractivity contribution is -0.385. The molecule has 0 unspecified atom stereocenters. The molecule has 1 heterocycles. The number of aromatic nitrogens is 1. The van der Waals surface area contributed by atoms with E-state index in [1.165, 1.54) is 24.4 Å². The van der Waals surface area contributed by atoms with Gasteiger partial charge in [0.1, 0.15) is 5.82 Å². The smallest absolute Gasteiger partial charge is 0.273 e. The van der Waals surface area contributed by atoms with Gasteiger partial charge >= 0.3 is 0 Å². The maximum Gasteiger partial charge on any atom is 0.273 e. The predicted molar refractivity (Wildman–Crippen MR) is 115 cm³/mol. The predicted octanol–water partition coefficient (Wildman–Crippen LogP) is 4.60. The molecule has 0 radical (unpaired) electrons. The fraction of sp³-hybridized carbons (Fsp3) is 0.143. The van der Waals surface area contributed by atoms with Crippen LogP contribution in [0.15, 0.2) is 58.1 Å². The molecule has 0 fully saturated rings. The molecule has 1 aromatic heterocycles. The van der Waals surface area contributed by atoms with Gasteiger partial charge in [-0.05, 0) is 38.1 Å². The molecule has 3 rings (SSSR count). The third kappa shape index (κ3) is 4.62. The molecule has 0 saturated carbocycles. The van der Waals surface area contributed by atoms with Gasteiger partial charge in [-0.25, -0.2) is 9.82 Å². The van der Waals surface area contributed by atoms with E-state index >= 15 is 0 Å². The Balaban J connectivity index is 1.75. The molecule has 0 aliphatic carbocycles. The number of benzene rings is 2. The number of hydrogen-bond donors (Lipinski definition) is 1. The number of hydrogen-bond acceptors (Lipinski definition) is 4. The third-order valence-electron chi connectivity index (χ3n) is 4.55. The summed E-state index contributed by atoms with van der Waals surface area (Å²) in [6.07, 6.45) is 1.30. The van der Waals surface area contributed by atoms with Crippen LogP contribution < -0.4 is 5.43 Å². The Kier molecular flexibility index (Phi) is 6.41. The van der Waals surface area contributed by atoms with E-state index in [4.69, 9.17) is 0 Å². The van der Waals surface area contributed by atoms with Crippen molar-refractivity contribution >= 4 is 33.7 Å². The minimum absolute atomic E-state index is 0.114. The second-order valence-electron chi connectivity index (χ2n) is 6.61. The second-order valence-corrected chi connectivity index (χ2v) is 7.53. The van der Waals surface area contributed by atoms with Crippen LogP contribution in [0.5, 0.6) is 0 Å². The van der Waals surface area contributed by atoms with E-state index in [2.05, 4.69) is 26.5 Å². The molecule has 154 valence electrons. The first-order chi connectivity index (χ1) is 14.3. The number of rotatable bonds is 6. The Labute approximate surface area is 180 Å². The lowest BCUT2D eigenvalue weighted by Gasteiger charge is -2.11. The number of nitrogens with one attached hydrogen (secondary N) is 1. The van der Waals surface area contributed by atoms with Crippen LogP contribution in [0.25, 0.3) is 5.69 Å². The van der Waals surface area contributed by atoms with Gasteiger partial charge in [0.15, 0.2) is 0 Å². The average molecular weight is 473 g/mol. The number of aryl methyl sites for hydroxylation is 1. The van der Waals surface area contributed by atoms with Crippen molar-refractivity contribution in [3.8, 4) is 5.69 Å². The summed E-state index contributed by atoms with van der Waals surface area (Å²) in [5.74, 6) is -0.847. The zero-order valence-electron chi connectivity index (χ0n) is 16.2. The van der Waals surface area contributed by atoms with E-state index in [1.54, 1.807) is 28.8 Å². The van der Waals surface area contributed by atoms with Gasteiger partial charge in [-0.3, -0.25) is 14.9 Å². The van der Waals surface area contributed by atoms with Gasteiger partial charge in [0.2, 0.25) is 5.91 Å². The molecule has 0 bridgehead atoms. The van der Waals surface area contributed by atoms with E-state index in [1.807, 2.05) is 19.9 Å².